The van der Waals surface area contributed by atoms with Gasteiger partial charge in [-0.05, 0) is 31.9 Å². The number of sulfonamides is 1. The fourth-order valence-corrected chi connectivity index (χ4v) is 4.42. The molecule has 1 heterocycles. The topological polar surface area (TPSA) is 75.7 Å². The van der Waals surface area contributed by atoms with Crippen molar-refractivity contribution in [1.82, 2.24) is 5.32 Å². The van der Waals surface area contributed by atoms with Gasteiger partial charge in [0.15, 0.2) is 6.10 Å². The molecule has 1 aromatic carbocycles. The number of benzene rings is 1. The highest BCUT2D eigenvalue weighted by Gasteiger charge is 2.36. The molecule has 1 atom stereocenters. The van der Waals surface area contributed by atoms with Crippen molar-refractivity contribution >= 4 is 21.6 Å². The number of anilines is 1. The molecule has 1 saturated carbocycles. The zero-order chi connectivity index (χ0) is 17.2. The lowest BCUT2D eigenvalue weighted by atomic mass is 9.95. The van der Waals surface area contributed by atoms with Crippen LogP contribution in [0.4, 0.5) is 5.69 Å². The molecule has 1 aromatic rings. The summed E-state index contributed by atoms with van der Waals surface area (Å²) in [6.45, 7) is 1.62. The van der Waals surface area contributed by atoms with Crippen molar-refractivity contribution in [3.05, 3.63) is 24.3 Å². The van der Waals surface area contributed by atoms with Gasteiger partial charge in [0.2, 0.25) is 10.0 Å². The van der Waals surface area contributed by atoms with Crippen LogP contribution in [0.15, 0.2) is 24.3 Å². The highest BCUT2D eigenvalue weighted by molar-refractivity contribution is 7.92. The van der Waals surface area contributed by atoms with Crippen LogP contribution >= 0.6 is 0 Å². The fraction of sp³-hybridized carbons (Fsp3) is 0.588. The van der Waals surface area contributed by atoms with E-state index in [4.69, 9.17) is 4.74 Å². The highest BCUT2D eigenvalue weighted by Crippen LogP contribution is 2.35. The van der Waals surface area contributed by atoms with Gasteiger partial charge in [0.25, 0.3) is 5.91 Å². The van der Waals surface area contributed by atoms with Gasteiger partial charge in [-0.25, -0.2) is 8.42 Å². The van der Waals surface area contributed by atoms with Gasteiger partial charge in [-0.1, -0.05) is 31.4 Å². The number of rotatable bonds is 4. The number of para-hydroxylation sites is 2. The summed E-state index contributed by atoms with van der Waals surface area (Å²) in [6.07, 6.45) is 4.59. The molecule has 1 N–H and O–H groups in total. The van der Waals surface area contributed by atoms with E-state index >= 15 is 0 Å². The zero-order valence-electron chi connectivity index (χ0n) is 13.9. The summed E-state index contributed by atoms with van der Waals surface area (Å²) < 4.78 is 31.9. The van der Waals surface area contributed by atoms with Crippen molar-refractivity contribution in [3.8, 4) is 5.75 Å². The van der Waals surface area contributed by atoms with Crippen LogP contribution in [0.5, 0.6) is 5.75 Å². The lowest BCUT2D eigenvalue weighted by molar-refractivity contribution is -0.128. The summed E-state index contributed by atoms with van der Waals surface area (Å²) in [7, 11) is -3.46. The standard InChI is InChI=1S/C17H24N2O4S/c1-2-24(21,22)19-12-16(23-15-11-7-6-10-14(15)19)17(20)18-13-8-4-3-5-9-13/h6-7,10-11,13,16H,2-5,8-9,12H2,1H3,(H,18,20). The summed E-state index contributed by atoms with van der Waals surface area (Å²) >= 11 is 0. The van der Waals surface area contributed by atoms with Gasteiger partial charge in [-0.2, -0.15) is 0 Å². The smallest absolute Gasteiger partial charge is 0.263 e. The Balaban J connectivity index is 1.80. The Kier molecular flexibility index (Phi) is 4.99. The van der Waals surface area contributed by atoms with Crippen LogP contribution in [0, 0.1) is 0 Å². The predicted molar refractivity (Wildman–Crippen MR) is 92.7 cm³/mol. The lowest BCUT2D eigenvalue weighted by Gasteiger charge is -2.35. The molecule has 3 rings (SSSR count). The Bertz CT molecular complexity index is 698. The SMILES string of the molecule is CCS(=O)(=O)N1CC(C(=O)NC2CCCCC2)Oc2ccccc21. The first kappa shape index (κ1) is 17.1. The highest BCUT2D eigenvalue weighted by atomic mass is 32.2. The maximum absolute atomic E-state index is 12.6. The van der Waals surface area contributed by atoms with Crippen LogP contribution in [-0.2, 0) is 14.8 Å². The van der Waals surface area contributed by atoms with Crippen molar-refractivity contribution in [2.75, 3.05) is 16.6 Å². The minimum absolute atomic E-state index is 0.0156. The number of hydrogen-bond donors (Lipinski definition) is 1. The minimum Gasteiger partial charge on any atom is -0.476 e. The molecule has 1 amide bonds. The average molecular weight is 352 g/mol. The van der Waals surface area contributed by atoms with Gasteiger partial charge in [-0.15, -0.1) is 0 Å². The zero-order valence-corrected chi connectivity index (χ0v) is 14.7. The number of amides is 1. The molecule has 0 bridgehead atoms. The van der Waals surface area contributed by atoms with Crippen LogP contribution in [0.2, 0.25) is 0 Å². The largest absolute Gasteiger partial charge is 0.476 e. The summed E-state index contributed by atoms with van der Waals surface area (Å²) in [5.74, 6) is 0.190. The Hall–Kier alpha value is -1.76. The van der Waals surface area contributed by atoms with Crippen LogP contribution in [0.3, 0.4) is 0 Å². The third-order valence-electron chi connectivity index (χ3n) is 4.68. The molecule has 132 valence electrons. The number of ether oxygens (including phenoxy) is 1. The van der Waals surface area contributed by atoms with Gasteiger partial charge in [0.1, 0.15) is 5.75 Å². The first-order valence-electron chi connectivity index (χ1n) is 8.57. The number of carbonyl (C=O) groups is 1. The van der Waals surface area contributed by atoms with E-state index < -0.39 is 16.1 Å². The van der Waals surface area contributed by atoms with E-state index in [-0.39, 0.29) is 24.2 Å². The van der Waals surface area contributed by atoms with Gasteiger partial charge < -0.3 is 10.1 Å². The second-order valence-corrected chi connectivity index (χ2v) is 8.53. The van der Waals surface area contributed by atoms with E-state index in [1.807, 2.05) is 0 Å². The van der Waals surface area contributed by atoms with E-state index in [1.54, 1.807) is 31.2 Å². The monoisotopic (exact) mass is 352 g/mol. The molecular formula is C17H24N2O4S. The molecule has 7 heteroatoms. The average Bonchev–Trinajstić information content (AvgIpc) is 2.61. The quantitative estimate of drug-likeness (QED) is 0.900. The minimum atomic E-state index is -3.46. The molecule has 1 aliphatic carbocycles. The van der Waals surface area contributed by atoms with E-state index in [0.29, 0.717) is 11.4 Å². The second-order valence-electron chi connectivity index (χ2n) is 6.35. The van der Waals surface area contributed by atoms with E-state index in [2.05, 4.69) is 5.32 Å². The third kappa shape index (κ3) is 3.50. The Labute approximate surface area is 143 Å². The van der Waals surface area contributed by atoms with Gasteiger partial charge >= 0.3 is 0 Å². The molecule has 6 nitrogen and oxygen atoms in total. The van der Waals surface area contributed by atoms with E-state index in [1.165, 1.54) is 10.7 Å². The molecule has 2 aliphatic rings. The maximum atomic E-state index is 12.6. The van der Waals surface area contributed by atoms with Crippen molar-refractivity contribution in [3.63, 3.8) is 0 Å². The van der Waals surface area contributed by atoms with Crippen LogP contribution in [0.25, 0.3) is 0 Å². The molecule has 24 heavy (non-hydrogen) atoms. The Morgan fingerprint density at radius 3 is 2.67 bits per heavy atom. The summed E-state index contributed by atoms with van der Waals surface area (Å²) in [6, 6.07) is 7.12. The number of nitrogens with zero attached hydrogens (tertiary/aromatic N) is 1. The molecule has 1 aliphatic heterocycles. The van der Waals surface area contributed by atoms with Crippen molar-refractivity contribution in [1.29, 1.82) is 0 Å². The van der Waals surface area contributed by atoms with Crippen molar-refractivity contribution in [2.45, 2.75) is 51.2 Å². The van der Waals surface area contributed by atoms with E-state index in [9.17, 15) is 13.2 Å². The Morgan fingerprint density at radius 1 is 1.25 bits per heavy atom. The Morgan fingerprint density at radius 2 is 1.96 bits per heavy atom. The van der Waals surface area contributed by atoms with Crippen LogP contribution < -0.4 is 14.4 Å². The first-order valence-corrected chi connectivity index (χ1v) is 10.2. The molecule has 0 spiro atoms. The van der Waals surface area contributed by atoms with Gasteiger partial charge in [-0.3, -0.25) is 9.10 Å². The van der Waals surface area contributed by atoms with E-state index in [0.717, 1.165) is 25.7 Å². The summed E-state index contributed by atoms with van der Waals surface area (Å²) in [5, 5.41) is 3.02. The van der Waals surface area contributed by atoms with Crippen molar-refractivity contribution in [2.24, 2.45) is 0 Å². The van der Waals surface area contributed by atoms with Crippen molar-refractivity contribution < 1.29 is 17.9 Å². The number of fused-ring (bicyclic) bond motifs is 1. The predicted octanol–water partition coefficient (Wildman–Crippen LogP) is 2.05. The molecule has 1 fully saturated rings. The number of hydrogen-bond acceptors (Lipinski definition) is 4. The lowest BCUT2D eigenvalue weighted by Crippen LogP contribution is -2.53. The first-order chi connectivity index (χ1) is 11.5. The second kappa shape index (κ2) is 7.01. The number of carbonyl (C=O) groups excluding carboxylic acids is 1. The van der Waals surface area contributed by atoms with Gasteiger partial charge in [0.05, 0.1) is 18.0 Å². The maximum Gasteiger partial charge on any atom is 0.263 e. The summed E-state index contributed by atoms with van der Waals surface area (Å²) in [5.41, 5.74) is 0.501. The molecule has 1 unspecified atom stereocenters. The van der Waals surface area contributed by atoms with Crippen LogP contribution in [0.1, 0.15) is 39.0 Å². The fourth-order valence-electron chi connectivity index (χ4n) is 3.30. The molecular weight excluding hydrogens is 328 g/mol. The van der Waals surface area contributed by atoms with Crippen LogP contribution in [-0.4, -0.2) is 38.8 Å². The molecule has 0 saturated heterocycles. The molecule has 0 aromatic heterocycles. The molecule has 0 radical (unpaired) electrons. The summed E-state index contributed by atoms with van der Waals surface area (Å²) in [4.78, 5) is 12.6. The third-order valence-corrected chi connectivity index (χ3v) is 6.43. The number of nitrogens with one attached hydrogen (secondary N) is 1. The normalized spacial score (nSPS) is 21.7. The van der Waals surface area contributed by atoms with Gasteiger partial charge in [0, 0.05) is 6.04 Å².